The predicted octanol–water partition coefficient (Wildman–Crippen LogP) is 21.6. The number of fused-ring (bicyclic) bond motifs is 4. The topological polar surface area (TPSA) is 16.1 Å². The van der Waals surface area contributed by atoms with E-state index in [1.54, 1.807) is 11.1 Å². The fourth-order valence-electron chi connectivity index (χ4n) is 15.6. The zero-order valence-electron chi connectivity index (χ0n) is 46.4. The molecule has 394 valence electrons. The first-order chi connectivity index (χ1) is 40.5. The third-order valence-electron chi connectivity index (χ3n) is 19.1. The van der Waals surface area contributed by atoms with Crippen LogP contribution < -0.4 is 4.90 Å². The van der Waals surface area contributed by atoms with E-state index < -0.39 is 0 Å². The Kier molecular flexibility index (Phi) is 12.5. The molecule has 0 unspecified atom stereocenters. The second-order valence-electron chi connectivity index (χ2n) is 23.5. The summed E-state index contributed by atoms with van der Waals surface area (Å²) in [4.78, 5) is 6.90. The van der Waals surface area contributed by atoms with Gasteiger partial charge in [0.05, 0.1) is 0 Å². The molecule has 0 atom stereocenters. The zero-order valence-corrected chi connectivity index (χ0v) is 46.4. The summed E-state index contributed by atoms with van der Waals surface area (Å²) in [5.74, 6) is 3.03. The van der Waals surface area contributed by atoms with Gasteiger partial charge in [0.1, 0.15) is 0 Å². The van der Waals surface area contributed by atoms with Gasteiger partial charge in [0.15, 0.2) is 0 Å². The Morgan fingerprint density at radius 3 is 1.61 bits per heavy atom. The molecular formula is C80H64N2. The van der Waals surface area contributed by atoms with Crippen molar-refractivity contribution in [2.75, 3.05) is 4.90 Å². The van der Waals surface area contributed by atoms with Gasteiger partial charge >= 0.3 is 0 Å². The van der Waals surface area contributed by atoms with E-state index >= 15 is 0 Å². The van der Waals surface area contributed by atoms with Crippen molar-refractivity contribution < 1.29 is 0 Å². The monoisotopic (exact) mass is 1050 g/mol. The van der Waals surface area contributed by atoms with Gasteiger partial charge in [-0.3, -0.25) is 4.98 Å². The van der Waals surface area contributed by atoms with E-state index in [0.717, 1.165) is 51.2 Å². The van der Waals surface area contributed by atoms with Gasteiger partial charge in [-0.25, -0.2) is 0 Å². The highest BCUT2D eigenvalue weighted by Gasteiger charge is 2.61. The summed E-state index contributed by atoms with van der Waals surface area (Å²) in [6, 6.07) is 88.6. The van der Waals surface area contributed by atoms with Gasteiger partial charge < -0.3 is 4.90 Å². The van der Waals surface area contributed by atoms with E-state index in [9.17, 15) is 0 Å². The van der Waals surface area contributed by atoms with Crippen LogP contribution in [0.4, 0.5) is 17.1 Å². The first kappa shape index (κ1) is 49.7. The quantitative estimate of drug-likeness (QED) is 0.113. The molecule has 0 amide bonds. The molecule has 1 heterocycles. The van der Waals surface area contributed by atoms with Crippen molar-refractivity contribution >= 4 is 33.4 Å². The Hall–Kier alpha value is -9.37. The minimum Gasteiger partial charge on any atom is -0.310 e. The molecule has 4 bridgehead atoms. The van der Waals surface area contributed by atoms with Crippen LogP contribution >= 0.6 is 0 Å². The fourth-order valence-corrected chi connectivity index (χ4v) is 15.6. The van der Waals surface area contributed by atoms with Gasteiger partial charge in [0.2, 0.25) is 0 Å². The number of hydrogen-bond acceptors (Lipinski definition) is 2. The zero-order chi connectivity index (χ0) is 54.7. The van der Waals surface area contributed by atoms with Crippen molar-refractivity contribution in [1.29, 1.82) is 0 Å². The lowest BCUT2D eigenvalue weighted by atomic mass is 9.43. The molecule has 4 fully saturated rings. The molecule has 10 aromatic carbocycles. The van der Waals surface area contributed by atoms with Crippen LogP contribution in [0.3, 0.4) is 0 Å². The van der Waals surface area contributed by atoms with Crippen LogP contribution in [-0.4, -0.2) is 4.98 Å². The summed E-state index contributed by atoms with van der Waals surface area (Å²) in [6.07, 6.45) is 19.0. The van der Waals surface area contributed by atoms with E-state index in [4.69, 9.17) is 0 Å². The van der Waals surface area contributed by atoms with E-state index in [-0.39, 0.29) is 5.41 Å². The third kappa shape index (κ3) is 8.51. The summed E-state index contributed by atoms with van der Waals surface area (Å²) in [5, 5.41) is 2.59. The minimum atomic E-state index is 0.0157. The van der Waals surface area contributed by atoms with Crippen LogP contribution in [0.15, 0.2) is 280 Å². The lowest BCUT2D eigenvalue weighted by Crippen LogP contribution is -2.55. The second-order valence-corrected chi connectivity index (χ2v) is 23.5. The molecule has 11 aromatic rings. The number of aromatic nitrogens is 1. The van der Waals surface area contributed by atoms with Gasteiger partial charge in [-0.1, -0.05) is 195 Å². The summed E-state index contributed by atoms with van der Waals surface area (Å²) in [5.41, 5.74) is 26.0. The molecule has 2 heteroatoms. The smallest absolute Gasteiger partial charge is 0.0473 e. The van der Waals surface area contributed by atoms with Crippen molar-refractivity contribution in [3.63, 3.8) is 0 Å². The molecule has 82 heavy (non-hydrogen) atoms. The lowest BCUT2D eigenvalue weighted by Gasteiger charge is -2.61. The maximum absolute atomic E-state index is 4.51. The van der Waals surface area contributed by atoms with Crippen molar-refractivity contribution in [3.05, 3.63) is 297 Å². The molecule has 2 nitrogen and oxygen atoms in total. The number of benzene rings is 10. The molecule has 5 aliphatic carbocycles. The maximum Gasteiger partial charge on any atom is 0.0473 e. The van der Waals surface area contributed by atoms with Gasteiger partial charge in [0.25, 0.3) is 0 Å². The van der Waals surface area contributed by atoms with Crippen LogP contribution in [0.2, 0.25) is 0 Å². The summed E-state index contributed by atoms with van der Waals surface area (Å²) in [6.45, 7) is 6.30. The Balaban J connectivity index is 0.831. The lowest BCUT2D eigenvalue weighted by molar-refractivity contribution is -0.0399. The van der Waals surface area contributed by atoms with Crippen LogP contribution in [0.25, 0.3) is 94.2 Å². The van der Waals surface area contributed by atoms with Crippen LogP contribution in [0.5, 0.6) is 0 Å². The molecule has 16 rings (SSSR count). The normalized spacial score (nSPS) is 19.4. The average molecular weight is 1050 g/mol. The summed E-state index contributed by atoms with van der Waals surface area (Å²) >= 11 is 0. The second kappa shape index (κ2) is 20.6. The fraction of sp³-hybridized carbons (Fsp3) is 0.138. The number of nitrogens with zero attached hydrogens (tertiary/aromatic N) is 2. The number of rotatable bonds is 12. The first-order valence-electron chi connectivity index (χ1n) is 29.6. The first-order valence-corrected chi connectivity index (χ1v) is 29.6. The molecular weight excluding hydrogens is 989 g/mol. The molecule has 1 spiro atoms. The highest BCUT2D eigenvalue weighted by Crippen LogP contribution is 2.70. The SMILES string of the molecule is C=C/C(=C\C=C/C)c1cc(-c2ccccc2)cc(N(c2ccc(-c3ccccc3)cc2)c2ccc(-c3ccc(-c4cc5c(cc4-c4ccncc4)-c4cc(-c6cccc7ccccc67)ccc4C54C5CC6CC(C5)CC4C6)cc3)cc2)c1. The molecule has 4 saturated carbocycles. The van der Waals surface area contributed by atoms with E-state index in [2.05, 4.69) is 271 Å². The Morgan fingerprint density at radius 2 is 0.963 bits per heavy atom. The summed E-state index contributed by atoms with van der Waals surface area (Å²) < 4.78 is 0. The predicted molar refractivity (Wildman–Crippen MR) is 345 cm³/mol. The molecule has 0 radical (unpaired) electrons. The third-order valence-corrected chi connectivity index (χ3v) is 19.1. The molecule has 5 aliphatic rings. The Labute approximate surface area is 483 Å². The molecule has 0 saturated heterocycles. The number of hydrogen-bond donors (Lipinski definition) is 0. The van der Waals surface area contributed by atoms with Gasteiger partial charge in [-0.2, -0.15) is 0 Å². The highest BCUT2D eigenvalue weighted by molar-refractivity contribution is 6.00. The Bertz CT molecular complexity index is 4230. The van der Waals surface area contributed by atoms with Crippen LogP contribution in [0.1, 0.15) is 55.7 Å². The van der Waals surface area contributed by atoms with E-state index in [0.29, 0.717) is 11.8 Å². The molecule has 0 N–H and O–H groups in total. The summed E-state index contributed by atoms with van der Waals surface area (Å²) in [7, 11) is 0. The van der Waals surface area contributed by atoms with E-state index in [1.807, 2.05) is 25.4 Å². The maximum atomic E-state index is 4.51. The molecule has 0 aliphatic heterocycles. The van der Waals surface area contributed by atoms with Crippen molar-refractivity contribution in [3.8, 4) is 77.9 Å². The van der Waals surface area contributed by atoms with E-state index in [1.165, 1.54) is 110 Å². The molecule has 1 aromatic heterocycles. The standard InChI is InChI=1S/C80H64N2/c1-3-5-15-55(4-2)65-47-66(57-18-10-7-11-19-57)49-71(48-65)82(69-33-28-59(29-34-69)56-16-8-6-9-17-56)70-35-30-60(31-36-70)58-24-26-62(27-25-58)75-52-79-77(51-74(75)63-38-40-81-41-39-63)76-50-64(73-23-14-21-61-20-12-13-22-72(61)73)32-37-78(76)80(79)67-43-53-42-54(45-67)46-68(80)44-53/h3-41,47-54,67-68H,2,42-46H2,1H3/b5-3-,55-15+. The number of allylic oxidation sites excluding steroid dienone is 5. The highest BCUT2D eigenvalue weighted by atomic mass is 15.1. The largest absolute Gasteiger partial charge is 0.310 e. The van der Waals surface area contributed by atoms with Crippen molar-refractivity contribution in [1.82, 2.24) is 4.98 Å². The van der Waals surface area contributed by atoms with Gasteiger partial charge in [-0.15, -0.1) is 0 Å². The van der Waals surface area contributed by atoms with Crippen molar-refractivity contribution in [2.45, 2.75) is 44.4 Å². The van der Waals surface area contributed by atoms with Crippen molar-refractivity contribution in [2.24, 2.45) is 23.7 Å². The van der Waals surface area contributed by atoms with Crippen LogP contribution in [-0.2, 0) is 5.41 Å². The minimum absolute atomic E-state index is 0.0157. The Morgan fingerprint density at radius 1 is 0.427 bits per heavy atom. The number of anilines is 3. The van der Waals surface area contributed by atoms with Gasteiger partial charge in [0, 0.05) is 34.9 Å². The average Bonchev–Trinajstić information content (AvgIpc) is 1.79. The number of pyridine rings is 1. The van der Waals surface area contributed by atoms with Crippen LogP contribution in [0, 0.1) is 23.7 Å². The van der Waals surface area contributed by atoms with Gasteiger partial charge in [-0.05, 0) is 246 Å².